The Hall–Kier alpha value is -4.58. The van der Waals surface area contributed by atoms with Crippen LogP contribution in [0, 0.1) is 6.92 Å². The van der Waals surface area contributed by atoms with Crippen molar-refractivity contribution in [2.45, 2.75) is 68.7 Å². The second-order valence-electron chi connectivity index (χ2n) is 13.6. The van der Waals surface area contributed by atoms with Crippen LogP contribution >= 0.6 is 0 Å². The monoisotopic (exact) mass is 638 g/mol. The maximum atomic E-state index is 12.9. The lowest BCUT2D eigenvalue weighted by Crippen LogP contribution is -2.55. The molecule has 5 nitrogen and oxygen atoms in total. The summed E-state index contributed by atoms with van der Waals surface area (Å²) < 4.78 is 0. The van der Waals surface area contributed by atoms with Gasteiger partial charge in [-0.1, -0.05) is 121 Å². The fourth-order valence-electron chi connectivity index (χ4n) is 8.36. The molecule has 5 aromatic rings. The van der Waals surface area contributed by atoms with Crippen molar-refractivity contribution in [3.63, 3.8) is 0 Å². The van der Waals surface area contributed by atoms with Gasteiger partial charge in [0, 0.05) is 13.1 Å². The predicted molar refractivity (Wildman–Crippen MR) is 195 cm³/mol. The second-order valence-corrected chi connectivity index (χ2v) is 13.6. The molecule has 0 amide bonds. The highest BCUT2D eigenvalue weighted by molar-refractivity contribution is 5.75. The molecule has 5 aromatic carbocycles. The molecule has 2 aliphatic rings. The van der Waals surface area contributed by atoms with Gasteiger partial charge in [0.1, 0.15) is 11.2 Å². The number of anilines is 2. The van der Waals surface area contributed by atoms with Crippen molar-refractivity contribution in [1.29, 1.82) is 0 Å². The van der Waals surface area contributed by atoms with E-state index >= 15 is 0 Å². The fraction of sp³-hybridized carbons (Fsp3) is 0.302. The van der Waals surface area contributed by atoms with Crippen molar-refractivity contribution in [1.82, 2.24) is 0 Å². The molecule has 2 fully saturated rings. The number of rotatable bonds is 8. The largest absolute Gasteiger partial charge is 0.504 e. The van der Waals surface area contributed by atoms with Crippen molar-refractivity contribution in [2.75, 3.05) is 22.9 Å². The minimum absolute atomic E-state index is 0.200. The maximum Gasteiger partial charge on any atom is 0.162 e. The van der Waals surface area contributed by atoms with E-state index in [1.165, 1.54) is 0 Å². The summed E-state index contributed by atoms with van der Waals surface area (Å²) in [4.78, 5) is 4.49. The molecule has 2 saturated heterocycles. The number of benzene rings is 5. The highest BCUT2D eigenvalue weighted by Crippen LogP contribution is 2.49. The lowest BCUT2D eigenvalue weighted by molar-refractivity contribution is 0.0390. The summed E-state index contributed by atoms with van der Waals surface area (Å²) >= 11 is 0. The third-order valence-electron chi connectivity index (χ3n) is 10.7. The van der Waals surface area contributed by atoms with E-state index in [4.69, 9.17) is 0 Å². The van der Waals surface area contributed by atoms with Gasteiger partial charge in [-0.2, -0.15) is 0 Å². The first-order valence-corrected chi connectivity index (χ1v) is 17.5. The van der Waals surface area contributed by atoms with Crippen molar-refractivity contribution in [2.24, 2.45) is 0 Å². The molecule has 5 heteroatoms. The Kier molecular flexibility index (Phi) is 9.00. The van der Waals surface area contributed by atoms with E-state index in [0.717, 1.165) is 77.7 Å². The number of phenols is 1. The van der Waals surface area contributed by atoms with Gasteiger partial charge < -0.3 is 25.1 Å². The average Bonchev–Trinajstić information content (AvgIpc) is 3.16. The van der Waals surface area contributed by atoms with Crippen LogP contribution in [-0.2, 0) is 11.2 Å². The lowest BCUT2D eigenvalue weighted by atomic mass is 9.75. The molecule has 2 atom stereocenters. The molecule has 2 aliphatic heterocycles. The highest BCUT2D eigenvalue weighted by Gasteiger charge is 2.47. The van der Waals surface area contributed by atoms with E-state index in [0.29, 0.717) is 13.1 Å². The number of piperidine rings is 2. The highest BCUT2D eigenvalue weighted by atomic mass is 16.3. The molecule has 0 aliphatic carbocycles. The van der Waals surface area contributed by atoms with Gasteiger partial charge in [-0.05, 0) is 85.4 Å². The summed E-state index contributed by atoms with van der Waals surface area (Å²) in [7, 11) is 0. The zero-order valence-electron chi connectivity index (χ0n) is 27.7. The topological polar surface area (TPSA) is 67.2 Å². The van der Waals surface area contributed by atoms with E-state index in [2.05, 4.69) is 28.9 Å². The third-order valence-corrected chi connectivity index (χ3v) is 10.7. The van der Waals surface area contributed by atoms with Gasteiger partial charge in [-0.3, -0.25) is 0 Å². The van der Waals surface area contributed by atoms with Crippen LogP contribution in [0.4, 0.5) is 11.4 Å². The molecule has 0 aromatic heterocycles. The summed E-state index contributed by atoms with van der Waals surface area (Å²) in [6.45, 7) is 3.50. The van der Waals surface area contributed by atoms with Gasteiger partial charge in [0.25, 0.3) is 0 Å². The maximum absolute atomic E-state index is 12.9. The molecular weight excluding hydrogens is 592 g/mol. The minimum atomic E-state index is -1.30. The van der Waals surface area contributed by atoms with Crippen LogP contribution in [0.5, 0.6) is 5.75 Å². The Bertz CT molecular complexity index is 1590. The quantitative estimate of drug-likeness (QED) is 0.160. The Balaban J connectivity index is 1.35. The second kappa shape index (κ2) is 13.5. The molecule has 0 bridgehead atoms. The standard InChI is InChI=1S/C43H46N2O3/c1-32-30-37(44-28-16-14-26-39(44)42(47,33-18-6-2-7-19-33)34-20-8-3-9-21-34)41(46)38(31-32)45-29-17-15-27-40(45)43(48,35-22-10-4-11-23-35)36-24-12-5-13-25-36/h2-13,18-25,30-31,39-40,46-48H,14-17,26-29H2,1H3/t39-,40-/m1/s1. The van der Waals surface area contributed by atoms with Crippen LogP contribution in [-0.4, -0.2) is 40.5 Å². The molecule has 2 heterocycles. The minimum Gasteiger partial charge on any atom is -0.504 e. The van der Waals surface area contributed by atoms with Gasteiger partial charge in [0.2, 0.25) is 0 Å². The van der Waals surface area contributed by atoms with Crippen LogP contribution in [0.15, 0.2) is 133 Å². The molecule has 0 radical (unpaired) electrons. The third kappa shape index (κ3) is 5.65. The first kappa shape index (κ1) is 32.0. The number of nitrogens with zero attached hydrogens (tertiary/aromatic N) is 2. The van der Waals surface area contributed by atoms with E-state index < -0.39 is 11.2 Å². The van der Waals surface area contributed by atoms with Gasteiger partial charge >= 0.3 is 0 Å². The Labute approximate surface area is 284 Å². The number of hydrogen-bond acceptors (Lipinski definition) is 5. The van der Waals surface area contributed by atoms with Crippen LogP contribution < -0.4 is 9.80 Å². The van der Waals surface area contributed by atoms with Crippen LogP contribution in [0.2, 0.25) is 0 Å². The summed E-state index contributed by atoms with van der Waals surface area (Å²) in [5.74, 6) is 0.200. The number of aryl methyl sites for hydroxylation is 1. The summed E-state index contributed by atoms with van der Waals surface area (Å²) in [5, 5.41) is 38.3. The van der Waals surface area contributed by atoms with Gasteiger partial charge in [0.15, 0.2) is 5.75 Å². The fourth-order valence-corrected chi connectivity index (χ4v) is 8.36. The molecule has 0 saturated carbocycles. The normalized spacial score (nSPS) is 18.9. The van der Waals surface area contributed by atoms with E-state index in [1.807, 2.05) is 121 Å². The van der Waals surface area contributed by atoms with Crippen LogP contribution in [0.3, 0.4) is 0 Å². The van der Waals surface area contributed by atoms with Crippen molar-refractivity contribution < 1.29 is 15.3 Å². The molecule has 246 valence electrons. The number of phenolic OH excluding ortho intramolecular Hbond substituents is 1. The molecule has 3 N–H and O–H groups in total. The van der Waals surface area contributed by atoms with Crippen LogP contribution in [0.1, 0.15) is 66.3 Å². The molecule has 0 unspecified atom stereocenters. The first-order valence-electron chi connectivity index (χ1n) is 17.5. The van der Waals surface area contributed by atoms with Crippen LogP contribution in [0.25, 0.3) is 0 Å². The van der Waals surface area contributed by atoms with E-state index in [9.17, 15) is 15.3 Å². The SMILES string of the molecule is Cc1cc(N2CCCC[C@@H]2C(O)(c2ccccc2)c2ccccc2)c(O)c(N2CCCC[C@@H]2C(O)(c2ccccc2)c2ccccc2)c1. The predicted octanol–water partition coefficient (Wildman–Crippen LogP) is 8.29. The number of aliphatic hydroxyl groups is 2. The zero-order chi connectivity index (χ0) is 33.1. The summed E-state index contributed by atoms with van der Waals surface area (Å²) in [6, 6.07) is 43.3. The van der Waals surface area contributed by atoms with Crippen molar-refractivity contribution in [3.05, 3.63) is 161 Å². The van der Waals surface area contributed by atoms with Gasteiger partial charge in [0.05, 0.1) is 23.5 Å². The molecular formula is C43H46N2O3. The summed E-state index contributed by atoms with van der Waals surface area (Å²) in [6.07, 6.45) is 5.45. The Morgan fingerprint density at radius 2 is 0.812 bits per heavy atom. The number of aromatic hydroxyl groups is 1. The molecule has 48 heavy (non-hydrogen) atoms. The van der Waals surface area contributed by atoms with E-state index in [1.54, 1.807) is 0 Å². The van der Waals surface area contributed by atoms with Gasteiger partial charge in [-0.15, -0.1) is 0 Å². The smallest absolute Gasteiger partial charge is 0.162 e. The zero-order valence-corrected chi connectivity index (χ0v) is 27.7. The molecule has 0 spiro atoms. The Morgan fingerprint density at radius 1 is 0.500 bits per heavy atom. The number of hydrogen-bond donors (Lipinski definition) is 3. The Morgan fingerprint density at radius 3 is 1.12 bits per heavy atom. The average molecular weight is 639 g/mol. The van der Waals surface area contributed by atoms with Crippen molar-refractivity contribution in [3.8, 4) is 5.75 Å². The molecule has 7 rings (SSSR count). The lowest BCUT2D eigenvalue weighted by Gasteiger charge is -2.49. The van der Waals surface area contributed by atoms with Gasteiger partial charge in [-0.25, -0.2) is 0 Å². The van der Waals surface area contributed by atoms with Crippen molar-refractivity contribution >= 4 is 11.4 Å². The first-order chi connectivity index (χ1) is 23.4. The summed E-state index contributed by atoms with van der Waals surface area (Å²) in [5.41, 5.74) is 3.25. The van der Waals surface area contributed by atoms with E-state index in [-0.39, 0.29) is 17.8 Å².